The molecule has 0 spiro atoms. The summed E-state index contributed by atoms with van der Waals surface area (Å²) in [5, 5.41) is 0. The van der Waals surface area contributed by atoms with E-state index >= 15 is 0 Å². The van der Waals surface area contributed by atoms with Gasteiger partial charge in [0.1, 0.15) is 19.3 Å². The molecule has 0 saturated carbocycles. The number of likely N-dealkylation sites (N-methyl/N-ethyl adjacent to an activating group) is 1. The zero-order valence-corrected chi connectivity index (χ0v) is 37.6. The van der Waals surface area contributed by atoms with E-state index in [1.54, 1.807) is 0 Å². The van der Waals surface area contributed by atoms with E-state index in [9.17, 15) is 14.3 Å². The molecule has 0 aromatic heterocycles. The van der Waals surface area contributed by atoms with Crippen LogP contribution in [0.5, 0.6) is 0 Å². The van der Waals surface area contributed by atoms with Gasteiger partial charge >= 0.3 is 13.8 Å². The minimum Gasteiger partial charge on any atom is -0.457 e. The van der Waals surface area contributed by atoms with Crippen molar-refractivity contribution in [1.29, 1.82) is 0 Å². The van der Waals surface area contributed by atoms with Crippen molar-refractivity contribution in [3.63, 3.8) is 0 Å². The largest absolute Gasteiger partial charge is 0.472 e. The van der Waals surface area contributed by atoms with E-state index in [1.165, 1.54) is 173 Å². The number of nitrogens with zero attached hydrogens (tertiary/aromatic N) is 1. The summed E-state index contributed by atoms with van der Waals surface area (Å²) < 4.78 is 35.1. The molecule has 9 heteroatoms. The maximum Gasteiger partial charge on any atom is 0.472 e. The molecule has 0 saturated heterocycles. The number of esters is 1. The number of phosphoric acid groups is 1. The minimum atomic E-state index is -4.27. The molecule has 0 amide bonds. The van der Waals surface area contributed by atoms with E-state index in [-0.39, 0.29) is 25.8 Å². The number of hydrogen-bond donors (Lipinski definition) is 1. The molecule has 0 heterocycles. The topological polar surface area (TPSA) is 91.3 Å². The second kappa shape index (κ2) is 39.3. The smallest absolute Gasteiger partial charge is 0.457 e. The van der Waals surface area contributed by atoms with E-state index in [2.05, 4.69) is 13.8 Å². The Morgan fingerprint density at radius 3 is 1.22 bits per heavy atom. The SMILES string of the molecule is CCCCCCCCCCCCCCCCCCCCOCC(COP(=O)(O)OCC[N+](C)(C)C)OC(=O)CCCCCCCCCCCCCCCC. The predicted molar refractivity (Wildman–Crippen MR) is 229 cm³/mol. The highest BCUT2D eigenvalue weighted by molar-refractivity contribution is 7.47. The number of phosphoric ester groups is 1. The number of rotatable bonds is 44. The molecule has 2 unspecified atom stereocenters. The maximum absolute atomic E-state index is 12.7. The lowest BCUT2D eigenvalue weighted by molar-refractivity contribution is -0.870. The molecule has 0 aliphatic rings. The number of ether oxygens (including phenoxy) is 2. The molecule has 324 valence electrons. The molecule has 0 fully saturated rings. The number of carbonyl (C=O) groups excluding carboxylic acids is 1. The van der Waals surface area contributed by atoms with Gasteiger partial charge in [0.15, 0.2) is 0 Å². The minimum absolute atomic E-state index is 0.0940. The number of hydrogen-bond acceptors (Lipinski definition) is 6. The summed E-state index contributed by atoms with van der Waals surface area (Å²) in [5.41, 5.74) is 0. The highest BCUT2D eigenvalue weighted by atomic mass is 31.2. The molecule has 54 heavy (non-hydrogen) atoms. The van der Waals surface area contributed by atoms with Gasteiger partial charge in [-0.3, -0.25) is 13.8 Å². The van der Waals surface area contributed by atoms with Crippen LogP contribution >= 0.6 is 7.82 Å². The van der Waals surface area contributed by atoms with Crippen LogP contribution in [0, 0.1) is 0 Å². The fourth-order valence-corrected chi connectivity index (χ4v) is 7.53. The van der Waals surface area contributed by atoms with Crippen molar-refractivity contribution in [1.82, 2.24) is 0 Å². The van der Waals surface area contributed by atoms with Gasteiger partial charge in [-0.05, 0) is 12.8 Å². The van der Waals surface area contributed by atoms with E-state index in [0.29, 0.717) is 24.1 Å². The van der Waals surface area contributed by atoms with Crippen LogP contribution < -0.4 is 0 Å². The highest BCUT2D eigenvalue weighted by Gasteiger charge is 2.26. The first-order valence-electron chi connectivity index (χ1n) is 23.3. The summed E-state index contributed by atoms with van der Waals surface area (Å²) in [5.74, 6) is -0.307. The lowest BCUT2D eigenvalue weighted by atomic mass is 10.0. The Morgan fingerprint density at radius 2 is 0.852 bits per heavy atom. The van der Waals surface area contributed by atoms with E-state index < -0.39 is 13.9 Å². The quantitative estimate of drug-likeness (QED) is 0.0284. The van der Waals surface area contributed by atoms with Gasteiger partial charge < -0.3 is 18.9 Å². The van der Waals surface area contributed by atoms with Crippen LogP contribution in [0.3, 0.4) is 0 Å². The van der Waals surface area contributed by atoms with Gasteiger partial charge in [0.2, 0.25) is 0 Å². The monoisotopic (exact) mass is 791 g/mol. The fourth-order valence-electron chi connectivity index (χ4n) is 6.79. The van der Waals surface area contributed by atoms with E-state index in [0.717, 1.165) is 32.1 Å². The maximum atomic E-state index is 12.7. The van der Waals surface area contributed by atoms with E-state index in [1.807, 2.05) is 21.1 Å². The summed E-state index contributed by atoms with van der Waals surface area (Å²) in [4.78, 5) is 22.9. The third-order valence-electron chi connectivity index (χ3n) is 10.4. The summed E-state index contributed by atoms with van der Waals surface area (Å²) in [6, 6.07) is 0. The zero-order valence-electron chi connectivity index (χ0n) is 36.7. The zero-order chi connectivity index (χ0) is 39.9. The molecule has 8 nitrogen and oxygen atoms in total. The van der Waals surface area contributed by atoms with Crippen molar-refractivity contribution in [3.05, 3.63) is 0 Å². The summed E-state index contributed by atoms with van der Waals surface area (Å²) in [6.07, 6.45) is 41.3. The molecule has 0 aliphatic carbocycles. The van der Waals surface area contributed by atoms with Crippen LogP contribution in [0.2, 0.25) is 0 Å². The van der Waals surface area contributed by atoms with Crippen molar-refractivity contribution in [2.24, 2.45) is 0 Å². The standard InChI is InChI=1S/C45H92NO7P/c1-6-8-10-12-14-16-18-20-22-23-24-25-27-29-31-33-35-37-40-50-42-44(43-52-54(48,49)51-41-39-46(3,4)5)53-45(47)38-36-34-32-30-28-26-21-19-17-15-13-11-9-7-2/h44H,6-43H2,1-5H3/p+1. The van der Waals surface area contributed by atoms with Gasteiger partial charge in [0, 0.05) is 13.0 Å². The molecular formula is C45H93NO7P+. The number of unbranched alkanes of at least 4 members (excludes halogenated alkanes) is 30. The van der Waals surface area contributed by atoms with Gasteiger partial charge in [-0.15, -0.1) is 0 Å². The van der Waals surface area contributed by atoms with Gasteiger partial charge in [-0.1, -0.05) is 206 Å². The molecule has 0 bridgehead atoms. The molecular weight excluding hydrogens is 697 g/mol. The third kappa shape index (κ3) is 42.6. The Morgan fingerprint density at radius 1 is 0.500 bits per heavy atom. The average molecular weight is 791 g/mol. The highest BCUT2D eigenvalue weighted by Crippen LogP contribution is 2.43. The van der Waals surface area contributed by atoms with Gasteiger partial charge in [-0.2, -0.15) is 0 Å². The van der Waals surface area contributed by atoms with E-state index in [4.69, 9.17) is 18.5 Å². The third-order valence-corrected chi connectivity index (χ3v) is 11.4. The Hall–Kier alpha value is -0.500. The Labute approximate surface area is 336 Å². The predicted octanol–water partition coefficient (Wildman–Crippen LogP) is 13.7. The van der Waals surface area contributed by atoms with Gasteiger partial charge in [0.25, 0.3) is 0 Å². The van der Waals surface area contributed by atoms with Crippen LogP contribution in [0.15, 0.2) is 0 Å². The first-order valence-corrected chi connectivity index (χ1v) is 24.8. The summed E-state index contributed by atoms with van der Waals surface area (Å²) in [6.45, 7) is 5.69. The lowest BCUT2D eigenvalue weighted by Gasteiger charge is -2.24. The molecule has 0 aromatic rings. The summed E-state index contributed by atoms with van der Waals surface area (Å²) >= 11 is 0. The molecule has 2 atom stereocenters. The normalized spacial score (nSPS) is 13.7. The van der Waals surface area contributed by atoms with Crippen molar-refractivity contribution < 1.29 is 37.3 Å². The first-order chi connectivity index (χ1) is 26.1. The fraction of sp³-hybridized carbons (Fsp3) is 0.978. The second-order valence-corrected chi connectivity index (χ2v) is 18.6. The van der Waals surface area contributed by atoms with Crippen LogP contribution in [-0.4, -0.2) is 75.6 Å². The molecule has 0 radical (unpaired) electrons. The number of carbonyl (C=O) groups is 1. The molecule has 0 aliphatic heterocycles. The van der Waals surface area contributed by atoms with Gasteiger partial charge in [-0.25, -0.2) is 4.57 Å². The van der Waals surface area contributed by atoms with Crippen molar-refractivity contribution in [2.45, 2.75) is 232 Å². The average Bonchev–Trinajstić information content (AvgIpc) is 3.12. The van der Waals surface area contributed by atoms with Gasteiger partial charge in [0.05, 0.1) is 34.4 Å². The molecule has 0 aromatic carbocycles. The Balaban J connectivity index is 4.14. The molecule has 1 N–H and O–H groups in total. The van der Waals surface area contributed by atoms with Crippen LogP contribution in [-0.2, 0) is 27.9 Å². The first kappa shape index (κ1) is 53.5. The summed E-state index contributed by atoms with van der Waals surface area (Å²) in [7, 11) is 1.69. The molecule has 0 rings (SSSR count). The van der Waals surface area contributed by atoms with Crippen molar-refractivity contribution >= 4 is 13.8 Å². The van der Waals surface area contributed by atoms with Crippen molar-refractivity contribution in [3.8, 4) is 0 Å². The van der Waals surface area contributed by atoms with Crippen LogP contribution in [0.1, 0.15) is 226 Å². The lowest BCUT2D eigenvalue weighted by Crippen LogP contribution is -2.37. The Kier molecular flexibility index (Phi) is 39.0. The Bertz CT molecular complexity index is 837. The second-order valence-electron chi connectivity index (χ2n) is 17.2. The van der Waals surface area contributed by atoms with Crippen LogP contribution in [0.25, 0.3) is 0 Å². The van der Waals surface area contributed by atoms with Crippen LogP contribution in [0.4, 0.5) is 0 Å². The van der Waals surface area contributed by atoms with Crippen molar-refractivity contribution in [2.75, 3.05) is 54.1 Å². The number of quaternary nitrogens is 1.